The monoisotopic (exact) mass is 424 g/mol. The molecule has 1 aliphatic heterocycles. The fourth-order valence-electron chi connectivity index (χ4n) is 3.16. The van der Waals surface area contributed by atoms with Crippen molar-refractivity contribution in [2.24, 2.45) is 0 Å². The van der Waals surface area contributed by atoms with E-state index in [4.69, 9.17) is 16.3 Å². The summed E-state index contributed by atoms with van der Waals surface area (Å²) in [4.78, 5) is 38.7. The number of hydrazine groups is 1. The Labute approximate surface area is 176 Å². The molecule has 0 saturated carbocycles. The Hall–Kier alpha value is -2.32. The number of piperidine rings is 1. The molecule has 1 heterocycles. The Morgan fingerprint density at radius 2 is 1.79 bits per heavy atom. The van der Waals surface area contributed by atoms with Crippen LogP contribution in [0.25, 0.3) is 0 Å². The molecule has 0 aromatic heterocycles. The Kier molecular flexibility index (Phi) is 7.87. The second-order valence-electron chi connectivity index (χ2n) is 7.97. The van der Waals surface area contributed by atoms with Crippen molar-refractivity contribution in [3.63, 3.8) is 0 Å². The molecule has 1 aromatic rings. The molecule has 0 spiro atoms. The molecule has 3 amide bonds. The average molecular weight is 425 g/mol. The third-order valence-corrected chi connectivity index (χ3v) is 4.77. The molecule has 2 rings (SSSR count). The predicted octanol–water partition coefficient (Wildman–Crippen LogP) is 2.48. The number of benzene rings is 1. The number of hydrogen-bond acceptors (Lipinski definition) is 5. The molecule has 1 aliphatic rings. The maximum atomic E-state index is 12.6. The number of likely N-dealkylation sites (tertiary alicyclic amines) is 1. The number of carbonyl (C=O) groups is 3. The van der Waals surface area contributed by atoms with E-state index in [1.165, 1.54) is 0 Å². The van der Waals surface area contributed by atoms with Crippen LogP contribution in [0, 0.1) is 0 Å². The second kappa shape index (κ2) is 9.93. The van der Waals surface area contributed by atoms with Gasteiger partial charge in [-0.15, -0.1) is 0 Å². The van der Waals surface area contributed by atoms with Crippen LogP contribution in [0.2, 0.25) is 5.02 Å². The molecule has 29 heavy (non-hydrogen) atoms. The lowest BCUT2D eigenvalue weighted by molar-refractivity contribution is -0.128. The van der Waals surface area contributed by atoms with Gasteiger partial charge < -0.3 is 10.1 Å². The average Bonchev–Trinajstić information content (AvgIpc) is 2.64. The van der Waals surface area contributed by atoms with Gasteiger partial charge in [0, 0.05) is 23.2 Å². The van der Waals surface area contributed by atoms with Gasteiger partial charge in [0.1, 0.15) is 5.60 Å². The summed E-state index contributed by atoms with van der Waals surface area (Å²) in [7, 11) is 0. The van der Waals surface area contributed by atoms with Crippen LogP contribution < -0.4 is 16.2 Å². The maximum Gasteiger partial charge on any atom is 0.407 e. The lowest BCUT2D eigenvalue weighted by atomic mass is 9.98. The van der Waals surface area contributed by atoms with E-state index in [-0.39, 0.29) is 18.0 Å². The van der Waals surface area contributed by atoms with Crippen molar-refractivity contribution < 1.29 is 19.1 Å². The second-order valence-corrected chi connectivity index (χ2v) is 8.41. The van der Waals surface area contributed by atoms with Gasteiger partial charge >= 0.3 is 6.09 Å². The van der Waals surface area contributed by atoms with E-state index in [9.17, 15) is 14.4 Å². The molecule has 3 N–H and O–H groups in total. The Bertz CT molecular complexity index is 733. The first-order chi connectivity index (χ1) is 13.6. The highest BCUT2D eigenvalue weighted by Gasteiger charge is 2.33. The number of likely N-dealkylation sites (N-methyl/N-ethyl adjacent to an activating group) is 1. The minimum Gasteiger partial charge on any atom is -0.444 e. The van der Waals surface area contributed by atoms with Crippen molar-refractivity contribution >= 4 is 29.5 Å². The van der Waals surface area contributed by atoms with E-state index in [1.54, 1.807) is 24.3 Å². The summed E-state index contributed by atoms with van der Waals surface area (Å²) in [6.07, 6.45) is 0.729. The van der Waals surface area contributed by atoms with Gasteiger partial charge in [-0.25, -0.2) is 4.79 Å². The van der Waals surface area contributed by atoms with Crippen molar-refractivity contribution in [3.05, 3.63) is 34.9 Å². The molecule has 8 nitrogen and oxygen atoms in total. The molecule has 2 atom stereocenters. The SMILES string of the molecule is CCN1C[C@H](NC(=O)OC(C)(C)C)CC[C@H]1C(=O)NNC(=O)c1ccc(Cl)cc1. The van der Waals surface area contributed by atoms with E-state index < -0.39 is 17.6 Å². The zero-order chi connectivity index (χ0) is 21.6. The van der Waals surface area contributed by atoms with Gasteiger partial charge in [-0.2, -0.15) is 0 Å². The van der Waals surface area contributed by atoms with E-state index >= 15 is 0 Å². The van der Waals surface area contributed by atoms with Gasteiger partial charge in [-0.1, -0.05) is 18.5 Å². The van der Waals surface area contributed by atoms with E-state index in [2.05, 4.69) is 16.2 Å². The first-order valence-corrected chi connectivity index (χ1v) is 10.1. The van der Waals surface area contributed by atoms with Crippen molar-refractivity contribution in [3.8, 4) is 0 Å². The Morgan fingerprint density at radius 3 is 2.38 bits per heavy atom. The number of ether oxygens (including phenoxy) is 1. The maximum absolute atomic E-state index is 12.6. The van der Waals surface area contributed by atoms with E-state index in [1.807, 2.05) is 32.6 Å². The first-order valence-electron chi connectivity index (χ1n) is 9.68. The highest BCUT2D eigenvalue weighted by Crippen LogP contribution is 2.18. The number of halogens is 1. The minimum atomic E-state index is -0.562. The van der Waals surface area contributed by atoms with Crippen LogP contribution in [0.4, 0.5) is 4.79 Å². The summed E-state index contributed by atoms with van der Waals surface area (Å²) in [5.74, 6) is -0.705. The summed E-state index contributed by atoms with van der Waals surface area (Å²) < 4.78 is 5.29. The van der Waals surface area contributed by atoms with Gasteiger partial charge in [-0.05, 0) is 64.4 Å². The number of carbonyl (C=O) groups excluding carboxylic acids is 3. The van der Waals surface area contributed by atoms with Gasteiger partial charge in [-0.3, -0.25) is 25.3 Å². The van der Waals surface area contributed by atoms with Crippen LogP contribution in [0.5, 0.6) is 0 Å². The van der Waals surface area contributed by atoms with Crippen LogP contribution in [0.3, 0.4) is 0 Å². The molecule has 0 bridgehead atoms. The van der Waals surface area contributed by atoms with Crippen LogP contribution in [0.1, 0.15) is 50.9 Å². The highest BCUT2D eigenvalue weighted by atomic mass is 35.5. The molecular weight excluding hydrogens is 396 g/mol. The lowest BCUT2D eigenvalue weighted by Gasteiger charge is -2.38. The predicted molar refractivity (Wildman–Crippen MR) is 110 cm³/mol. The van der Waals surface area contributed by atoms with Crippen LogP contribution in [-0.4, -0.2) is 53.6 Å². The van der Waals surface area contributed by atoms with Gasteiger partial charge in [0.15, 0.2) is 0 Å². The number of alkyl carbamates (subject to hydrolysis) is 1. The zero-order valence-corrected chi connectivity index (χ0v) is 18.0. The Morgan fingerprint density at radius 1 is 1.14 bits per heavy atom. The van der Waals surface area contributed by atoms with Crippen molar-refractivity contribution in [1.29, 1.82) is 0 Å². The third kappa shape index (κ3) is 7.21. The minimum absolute atomic E-state index is 0.0995. The fraction of sp³-hybridized carbons (Fsp3) is 0.550. The van der Waals surface area contributed by atoms with Crippen LogP contribution in [-0.2, 0) is 9.53 Å². The number of nitrogens with one attached hydrogen (secondary N) is 3. The molecule has 9 heteroatoms. The summed E-state index contributed by atoms with van der Waals surface area (Å²) in [6.45, 7) is 8.54. The lowest BCUT2D eigenvalue weighted by Crippen LogP contribution is -2.58. The van der Waals surface area contributed by atoms with E-state index in [0.29, 0.717) is 36.5 Å². The Balaban J connectivity index is 1.85. The van der Waals surface area contributed by atoms with Gasteiger partial charge in [0.25, 0.3) is 11.8 Å². The molecule has 1 aromatic carbocycles. The fourth-order valence-corrected chi connectivity index (χ4v) is 3.28. The molecular formula is C20H29ClN4O4. The summed E-state index contributed by atoms with van der Waals surface area (Å²) in [6, 6.07) is 5.89. The topological polar surface area (TPSA) is 99.8 Å². The number of rotatable bonds is 4. The third-order valence-electron chi connectivity index (χ3n) is 4.52. The molecule has 0 radical (unpaired) electrons. The standard InChI is InChI=1S/C20H29ClN4O4/c1-5-25-12-15(22-19(28)29-20(2,3)4)10-11-16(25)18(27)24-23-17(26)13-6-8-14(21)9-7-13/h6-9,15-16H,5,10-12H2,1-4H3,(H,22,28)(H,23,26)(H,24,27)/t15-,16+/m1/s1. The van der Waals surface area contributed by atoms with E-state index in [0.717, 1.165) is 0 Å². The van der Waals surface area contributed by atoms with Gasteiger partial charge in [0.05, 0.1) is 6.04 Å². The normalized spacial score (nSPS) is 19.9. The quantitative estimate of drug-likeness (QED) is 0.645. The molecule has 1 fully saturated rings. The summed E-state index contributed by atoms with van der Waals surface area (Å²) in [5, 5.41) is 3.39. The van der Waals surface area contributed by atoms with Crippen molar-refractivity contribution in [2.45, 2.75) is 58.2 Å². The highest BCUT2D eigenvalue weighted by molar-refractivity contribution is 6.30. The smallest absolute Gasteiger partial charge is 0.407 e. The number of nitrogens with zero attached hydrogens (tertiary/aromatic N) is 1. The largest absolute Gasteiger partial charge is 0.444 e. The van der Waals surface area contributed by atoms with Gasteiger partial charge in [0.2, 0.25) is 0 Å². The van der Waals surface area contributed by atoms with Crippen LogP contribution in [0.15, 0.2) is 24.3 Å². The zero-order valence-electron chi connectivity index (χ0n) is 17.3. The number of amides is 3. The van der Waals surface area contributed by atoms with Crippen LogP contribution >= 0.6 is 11.6 Å². The summed E-state index contributed by atoms with van der Waals surface area (Å²) in [5.41, 5.74) is 4.76. The molecule has 1 saturated heterocycles. The first kappa shape index (κ1) is 23.0. The molecule has 160 valence electrons. The molecule has 0 unspecified atom stereocenters. The number of hydrogen-bond donors (Lipinski definition) is 3. The van der Waals surface area contributed by atoms with Crippen molar-refractivity contribution in [2.75, 3.05) is 13.1 Å². The summed E-state index contributed by atoms with van der Waals surface area (Å²) >= 11 is 5.81. The van der Waals surface area contributed by atoms with Crippen molar-refractivity contribution in [1.82, 2.24) is 21.1 Å². The molecule has 0 aliphatic carbocycles.